The number of ether oxygens (including phenoxy) is 1. The van der Waals surface area contributed by atoms with Gasteiger partial charge < -0.3 is 9.84 Å². The minimum Gasteiger partial charge on any atom is -0.481 e. The lowest BCUT2D eigenvalue weighted by Crippen LogP contribution is -2.55. The van der Waals surface area contributed by atoms with Crippen LogP contribution in [-0.2, 0) is 19.7 Å². The second kappa shape index (κ2) is 5.97. The summed E-state index contributed by atoms with van der Waals surface area (Å²) in [5.74, 6) is -1.27. The Morgan fingerprint density at radius 1 is 1.30 bits per heavy atom. The molecule has 0 aliphatic carbocycles. The van der Waals surface area contributed by atoms with Gasteiger partial charge in [0, 0.05) is 31.8 Å². The van der Waals surface area contributed by atoms with Gasteiger partial charge in [0.05, 0.1) is 5.92 Å². The fraction of sp³-hybridized carbons (Fsp3) is 0.917. The van der Waals surface area contributed by atoms with Crippen molar-refractivity contribution in [1.82, 2.24) is 9.03 Å². The number of carboxylic acid groups (broad SMARTS) is 1. The van der Waals surface area contributed by atoms with Crippen molar-refractivity contribution in [3.05, 3.63) is 0 Å². The largest absolute Gasteiger partial charge is 0.481 e. The van der Waals surface area contributed by atoms with E-state index in [0.29, 0.717) is 38.9 Å². The van der Waals surface area contributed by atoms with E-state index in [-0.39, 0.29) is 13.1 Å². The molecule has 2 heterocycles. The maximum absolute atomic E-state index is 12.4. The van der Waals surface area contributed by atoms with Crippen LogP contribution >= 0.6 is 0 Å². The highest BCUT2D eigenvalue weighted by molar-refractivity contribution is 7.87. The van der Waals surface area contributed by atoms with E-state index >= 15 is 0 Å². The van der Waals surface area contributed by atoms with Gasteiger partial charge in [0.25, 0.3) is 10.2 Å². The van der Waals surface area contributed by atoms with Gasteiger partial charge in [0.2, 0.25) is 0 Å². The Balaban J connectivity index is 1.95. The molecular weight excluding hydrogens is 284 g/mol. The van der Waals surface area contributed by atoms with E-state index in [1.54, 1.807) is 0 Å². The van der Waals surface area contributed by atoms with E-state index in [2.05, 4.69) is 4.72 Å². The number of hydrogen-bond donors (Lipinski definition) is 2. The van der Waals surface area contributed by atoms with E-state index in [1.807, 2.05) is 6.92 Å². The Morgan fingerprint density at radius 3 is 2.35 bits per heavy atom. The first-order valence-corrected chi connectivity index (χ1v) is 8.36. The molecule has 20 heavy (non-hydrogen) atoms. The second-order valence-corrected chi connectivity index (χ2v) is 7.46. The number of carboxylic acids is 1. The van der Waals surface area contributed by atoms with Crippen molar-refractivity contribution < 1.29 is 23.1 Å². The lowest BCUT2D eigenvalue weighted by atomic mass is 9.94. The Kier molecular flexibility index (Phi) is 4.68. The Labute approximate surface area is 119 Å². The molecule has 0 aromatic rings. The highest BCUT2D eigenvalue weighted by Crippen LogP contribution is 2.24. The van der Waals surface area contributed by atoms with E-state index < -0.39 is 27.6 Å². The van der Waals surface area contributed by atoms with Crippen molar-refractivity contribution in [3.8, 4) is 0 Å². The summed E-state index contributed by atoms with van der Waals surface area (Å²) in [5, 5.41) is 8.93. The maximum Gasteiger partial charge on any atom is 0.306 e. The van der Waals surface area contributed by atoms with E-state index in [9.17, 15) is 13.2 Å². The Morgan fingerprint density at radius 2 is 1.85 bits per heavy atom. The average molecular weight is 306 g/mol. The van der Waals surface area contributed by atoms with E-state index in [0.717, 1.165) is 0 Å². The molecule has 0 unspecified atom stereocenters. The van der Waals surface area contributed by atoms with Crippen LogP contribution in [0.5, 0.6) is 0 Å². The normalized spacial score (nSPS) is 25.4. The van der Waals surface area contributed by atoms with Gasteiger partial charge in [0.15, 0.2) is 0 Å². The van der Waals surface area contributed by atoms with Crippen molar-refractivity contribution in [1.29, 1.82) is 0 Å². The van der Waals surface area contributed by atoms with Gasteiger partial charge in [-0.3, -0.25) is 4.79 Å². The van der Waals surface area contributed by atoms with Crippen molar-refractivity contribution in [3.63, 3.8) is 0 Å². The second-order valence-electron chi connectivity index (χ2n) is 5.79. The van der Waals surface area contributed by atoms with Crippen molar-refractivity contribution in [2.45, 2.75) is 38.1 Å². The van der Waals surface area contributed by atoms with E-state index in [1.165, 1.54) is 4.31 Å². The van der Waals surface area contributed by atoms with Crippen molar-refractivity contribution >= 4 is 16.2 Å². The first kappa shape index (κ1) is 15.7. The van der Waals surface area contributed by atoms with E-state index in [4.69, 9.17) is 9.84 Å². The lowest BCUT2D eigenvalue weighted by molar-refractivity contribution is -0.142. The SMILES string of the molecule is CC1(NS(=O)(=O)N2CCC(C(=O)O)CC2)CCOCC1. The summed E-state index contributed by atoms with van der Waals surface area (Å²) in [5.41, 5.74) is -0.471. The molecule has 2 saturated heterocycles. The van der Waals surface area contributed by atoms with Crippen LogP contribution in [0.15, 0.2) is 0 Å². The number of aliphatic carboxylic acids is 1. The molecule has 2 rings (SSSR count). The summed E-state index contributed by atoms with van der Waals surface area (Å²) < 4.78 is 34.1. The third-order valence-corrected chi connectivity index (χ3v) is 5.91. The molecule has 0 saturated carbocycles. The van der Waals surface area contributed by atoms with Crippen LogP contribution < -0.4 is 4.72 Å². The Hall–Kier alpha value is -0.700. The fourth-order valence-electron chi connectivity index (χ4n) is 2.64. The van der Waals surface area contributed by atoms with Crippen LogP contribution in [0.2, 0.25) is 0 Å². The smallest absolute Gasteiger partial charge is 0.306 e. The van der Waals surface area contributed by atoms with Gasteiger partial charge >= 0.3 is 5.97 Å². The van der Waals surface area contributed by atoms with Gasteiger partial charge in [-0.05, 0) is 32.6 Å². The Bertz CT molecular complexity index is 450. The molecule has 2 aliphatic heterocycles. The number of rotatable bonds is 4. The van der Waals surface area contributed by atoms with Crippen molar-refractivity contribution in [2.75, 3.05) is 26.3 Å². The molecule has 0 atom stereocenters. The van der Waals surface area contributed by atoms with Gasteiger partial charge in [-0.15, -0.1) is 0 Å². The maximum atomic E-state index is 12.4. The molecular formula is C12H22N2O5S. The first-order chi connectivity index (χ1) is 9.32. The molecule has 0 bridgehead atoms. The molecule has 0 radical (unpaired) electrons. The number of nitrogens with zero attached hydrogens (tertiary/aromatic N) is 1. The standard InChI is InChI=1S/C12H22N2O5S/c1-12(4-8-19-9-5-12)13-20(17,18)14-6-2-10(3-7-14)11(15)16/h10,13H,2-9H2,1H3,(H,15,16). The molecule has 0 amide bonds. The summed E-state index contributed by atoms with van der Waals surface area (Å²) in [6.07, 6.45) is 2.04. The zero-order chi connectivity index (χ0) is 14.8. The summed E-state index contributed by atoms with van der Waals surface area (Å²) >= 11 is 0. The third-order valence-electron chi connectivity index (χ3n) is 4.11. The molecule has 0 aromatic carbocycles. The third kappa shape index (κ3) is 3.69. The minimum absolute atomic E-state index is 0.263. The summed E-state index contributed by atoms with van der Waals surface area (Å²) in [7, 11) is -3.56. The van der Waals surface area contributed by atoms with Gasteiger partial charge in [0.1, 0.15) is 0 Å². The summed E-state index contributed by atoms with van der Waals surface area (Å²) in [4.78, 5) is 10.9. The quantitative estimate of drug-likeness (QED) is 0.773. The number of piperidine rings is 1. The fourth-order valence-corrected chi connectivity index (χ4v) is 4.29. The van der Waals surface area contributed by atoms with Crippen LogP contribution in [-0.4, -0.2) is 55.6 Å². The van der Waals surface area contributed by atoms with Crippen molar-refractivity contribution in [2.24, 2.45) is 5.92 Å². The number of hydrogen-bond acceptors (Lipinski definition) is 4. The summed E-state index contributed by atoms with van der Waals surface area (Å²) in [6, 6.07) is 0. The number of nitrogens with one attached hydrogen (secondary N) is 1. The molecule has 116 valence electrons. The highest BCUT2D eigenvalue weighted by Gasteiger charge is 2.37. The van der Waals surface area contributed by atoms with Crippen LogP contribution in [0.1, 0.15) is 32.6 Å². The van der Waals surface area contributed by atoms with Crippen LogP contribution in [0.4, 0.5) is 0 Å². The molecule has 7 nitrogen and oxygen atoms in total. The molecule has 8 heteroatoms. The topological polar surface area (TPSA) is 95.9 Å². The molecule has 2 aliphatic rings. The predicted molar refractivity (Wildman–Crippen MR) is 72.4 cm³/mol. The lowest BCUT2D eigenvalue weighted by Gasteiger charge is -2.37. The predicted octanol–water partition coefficient (Wildman–Crippen LogP) is 0.187. The first-order valence-electron chi connectivity index (χ1n) is 6.92. The van der Waals surface area contributed by atoms with Crippen LogP contribution in [0.3, 0.4) is 0 Å². The molecule has 2 fully saturated rings. The monoisotopic (exact) mass is 306 g/mol. The zero-order valence-corrected chi connectivity index (χ0v) is 12.5. The molecule has 2 N–H and O–H groups in total. The minimum atomic E-state index is -3.56. The molecule has 0 aromatic heterocycles. The van der Waals surface area contributed by atoms with Gasteiger partial charge in [-0.25, -0.2) is 0 Å². The van der Waals surface area contributed by atoms with Crippen LogP contribution in [0.25, 0.3) is 0 Å². The van der Waals surface area contributed by atoms with Gasteiger partial charge in [-0.1, -0.05) is 0 Å². The molecule has 0 spiro atoms. The number of carbonyl (C=O) groups is 1. The summed E-state index contributed by atoms with van der Waals surface area (Å²) in [6.45, 7) is 3.52. The average Bonchev–Trinajstić information content (AvgIpc) is 2.38. The van der Waals surface area contributed by atoms with Gasteiger partial charge in [-0.2, -0.15) is 17.4 Å². The highest BCUT2D eigenvalue weighted by atomic mass is 32.2. The van der Waals surface area contributed by atoms with Crippen LogP contribution in [0, 0.1) is 5.92 Å². The zero-order valence-electron chi connectivity index (χ0n) is 11.7.